The summed E-state index contributed by atoms with van der Waals surface area (Å²) in [6.07, 6.45) is 53.2. The molecular weight excluding hydrogens is 869 g/mol. The highest BCUT2D eigenvalue weighted by Gasteiger charge is 2.44. The minimum atomic E-state index is -1.60. The number of carbonyl (C=O) groups is 2. The van der Waals surface area contributed by atoms with Crippen molar-refractivity contribution in [3.8, 4) is 0 Å². The minimum Gasteiger partial charge on any atom is -0.462 e. The number of hydrogen-bond donors (Lipinski definition) is 4. The van der Waals surface area contributed by atoms with Crippen molar-refractivity contribution in [2.45, 2.75) is 307 Å². The number of ether oxygens (including phenoxy) is 4. The lowest BCUT2D eigenvalue weighted by Gasteiger charge is -2.39. The molecule has 6 atom stereocenters. The van der Waals surface area contributed by atoms with Gasteiger partial charge in [0.15, 0.2) is 12.4 Å². The molecule has 1 aliphatic heterocycles. The molecule has 0 amide bonds. The van der Waals surface area contributed by atoms with Crippen molar-refractivity contribution in [2.75, 3.05) is 19.8 Å². The van der Waals surface area contributed by atoms with Crippen LogP contribution in [0.15, 0.2) is 36.5 Å². The largest absolute Gasteiger partial charge is 0.462 e. The third-order valence-electron chi connectivity index (χ3n) is 13.5. The molecule has 1 aliphatic rings. The van der Waals surface area contributed by atoms with Gasteiger partial charge in [0, 0.05) is 12.8 Å². The molecule has 1 heterocycles. The number of hydrogen-bond acceptors (Lipinski definition) is 10. The van der Waals surface area contributed by atoms with E-state index in [0.29, 0.717) is 12.8 Å². The monoisotopic (exact) mass is 977 g/mol. The third kappa shape index (κ3) is 40.1. The number of esters is 2. The van der Waals surface area contributed by atoms with Crippen LogP contribution in [0.5, 0.6) is 0 Å². The molecule has 0 radical (unpaired) electrons. The fraction of sp³-hybridized carbons (Fsp3) is 0.864. The molecule has 69 heavy (non-hydrogen) atoms. The van der Waals surface area contributed by atoms with Crippen LogP contribution in [0, 0.1) is 0 Å². The average molecular weight is 978 g/mol. The Morgan fingerprint density at radius 3 is 1.22 bits per heavy atom. The molecule has 4 N–H and O–H groups in total. The van der Waals surface area contributed by atoms with Gasteiger partial charge in [-0.2, -0.15) is 0 Å². The minimum absolute atomic E-state index is 0.217. The third-order valence-corrected chi connectivity index (χ3v) is 13.5. The molecule has 1 rings (SSSR count). The summed E-state index contributed by atoms with van der Waals surface area (Å²) in [4.78, 5) is 25.5. The van der Waals surface area contributed by atoms with E-state index in [1.807, 2.05) is 0 Å². The van der Waals surface area contributed by atoms with Crippen LogP contribution in [-0.4, -0.2) is 89.0 Å². The highest BCUT2D eigenvalue weighted by Crippen LogP contribution is 2.23. The van der Waals surface area contributed by atoms with Gasteiger partial charge in [-0.25, -0.2) is 0 Å². The first-order chi connectivity index (χ1) is 33.8. The van der Waals surface area contributed by atoms with E-state index in [4.69, 9.17) is 18.9 Å². The van der Waals surface area contributed by atoms with Crippen molar-refractivity contribution >= 4 is 11.9 Å². The predicted molar refractivity (Wildman–Crippen MR) is 284 cm³/mol. The Morgan fingerprint density at radius 2 is 0.797 bits per heavy atom. The van der Waals surface area contributed by atoms with Gasteiger partial charge in [0.05, 0.1) is 13.2 Å². The van der Waals surface area contributed by atoms with Crippen LogP contribution in [0.3, 0.4) is 0 Å². The molecule has 0 spiro atoms. The van der Waals surface area contributed by atoms with Crippen molar-refractivity contribution < 1.29 is 49.0 Å². The van der Waals surface area contributed by atoms with Crippen LogP contribution in [0.1, 0.15) is 271 Å². The van der Waals surface area contributed by atoms with Crippen molar-refractivity contribution in [1.82, 2.24) is 0 Å². The normalized spacial score (nSPS) is 19.1. The molecule has 0 saturated carbocycles. The quantitative estimate of drug-likeness (QED) is 0.0263. The molecule has 404 valence electrons. The maximum atomic E-state index is 12.9. The molecule has 1 saturated heterocycles. The van der Waals surface area contributed by atoms with E-state index in [9.17, 15) is 30.0 Å². The van der Waals surface area contributed by atoms with E-state index in [1.54, 1.807) is 0 Å². The summed E-state index contributed by atoms with van der Waals surface area (Å²) in [5.41, 5.74) is 0. The van der Waals surface area contributed by atoms with Gasteiger partial charge in [0.1, 0.15) is 31.0 Å². The molecule has 0 aromatic carbocycles. The number of rotatable bonds is 50. The Kier molecular flexibility index (Phi) is 46.6. The first kappa shape index (κ1) is 64.9. The second-order valence-corrected chi connectivity index (χ2v) is 20.1. The number of carbonyl (C=O) groups excluding carboxylic acids is 2. The maximum absolute atomic E-state index is 12.9. The summed E-state index contributed by atoms with van der Waals surface area (Å²) in [5, 5.41) is 40.3. The Bertz CT molecular complexity index is 1220. The van der Waals surface area contributed by atoms with Crippen molar-refractivity contribution in [3.05, 3.63) is 36.5 Å². The highest BCUT2D eigenvalue weighted by molar-refractivity contribution is 5.70. The zero-order valence-electron chi connectivity index (χ0n) is 44.6. The summed E-state index contributed by atoms with van der Waals surface area (Å²) < 4.78 is 22.3. The van der Waals surface area contributed by atoms with Crippen molar-refractivity contribution in [3.63, 3.8) is 0 Å². The first-order valence-corrected chi connectivity index (χ1v) is 29.1. The summed E-state index contributed by atoms with van der Waals surface area (Å²) >= 11 is 0. The molecule has 1 fully saturated rings. The summed E-state index contributed by atoms with van der Waals surface area (Å²) in [6.45, 7) is 3.43. The summed E-state index contributed by atoms with van der Waals surface area (Å²) in [6, 6.07) is 0. The molecule has 0 aromatic rings. The van der Waals surface area contributed by atoms with E-state index >= 15 is 0 Å². The molecule has 0 aromatic heterocycles. The molecule has 2 unspecified atom stereocenters. The van der Waals surface area contributed by atoms with E-state index in [1.165, 1.54) is 186 Å². The lowest BCUT2D eigenvalue weighted by Crippen LogP contribution is -2.59. The Labute approximate surface area is 423 Å². The molecule has 0 aliphatic carbocycles. The second kappa shape index (κ2) is 49.5. The Hall–Kier alpha value is -2.08. The van der Waals surface area contributed by atoms with E-state index in [0.717, 1.165) is 44.9 Å². The van der Waals surface area contributed by atoms with Crippen LogP contribution < -0.4 is 0 Å². The Morgan fingerprint density at radius 1 is 0.435 bits per heavy atom. The van der Waals surface area contributed by atoms with Crippen LogP contribution in [-0.2, 0) is 28.5 Å². The average Bonchev–Trinajstić information content (AvgIpc) is 3.35. The van der Waals surface area contributed by atoms with Crippen LogP contribution >= 0.6 is 0 Å². The van der Waals surface area contributed by atoms with Crippen LogP contribution in [0.4, 0.5) is 0 Å². The van der Waals surface area contributed by atoms with Gasteiger partial charge in [0.25, 0.3) is 0 Å². The van der Waals surface area contributed by atoms with Gasteiger partial charge >= 0.3 is 11.9 Å². The zero-order valence-corrected chi connectivity index (χ0v) is 44.6. The van der Waals surface area contributed by atoms with Crippen molar-refractivity contribution in [2.24, 2.45) is 0 Å². The Balaban J connectivity index is 2.22. The first-order valence-electron chi connectivity index (χ1n) is 29.1. The molecule has 0 bridgehead atoms. The van der Waals surface area contributed by atoms with E-state index in [-0.39, 0.29) is 26.1 Å². The summed E-state index contributed by atoms with van der Waals surface area (Å²) in [5.74, 6) is -0.845. The SMILES string of the molecule is CCCCCCCC/C=C/CCCCCCCCCCCCCC(=O)O[C@@H](COC(=O)CCC/C=C/CC/C=C/CCCCCCCCCCCCCCCC)CO[C@H]1O[C@@H](CO)[C@@H](O)C(O)C1O. The standard InChI is InChI=1S/C59H108O10/c1-3-5-7-9-11-13-15-17-19-21-23-25-26-28-29-31-33-35-37-39-41-43-45-47-54(61)66-50-52(51-67-59-58(65)57(64)56(63)53(49-60)69-59)68-55(62)48-46-44-42-40-38-36-34-32-30-27-24-22-20-18-16-14-12-10-8-6-4-2/h18,20,31,33,39,41,52-53,56-60,63-65H,3-17,19,21-30,32,34-38,40,42-51H2,1-2H3/b20-18+,33-31+,41-39+/t52-,53-,56+,57?,58?,59-/m0/s1. The summed E-state index contributed by atoms with van der Waals surface area (Å²) in [7, 11) is 0. The van der Waals surface area contributed by atoms with Crippen LogP contribution in [0.25, 0.3) is 0 Å². The van der Waals surface area contributed by atoms with Crippen LogP contribution in [0.2, 0.25) is 0 Å². The molecule has 10 heteroatoms. The van der Waals surface area contributed by atoms with Gasteiger partial charge in [-0.3, -0.25) is 9.59 Å². The lowest BCUT2D eigenvalue weighted by molar-refractivity contribution is -0.305. The number of aliphatic hydroxyl groups excluding tert-OH is 4. The zero-order chi connectivity index (χ0) is 50.1. The number of aliphatic hydroxyl groups is 4. The molecule has 10 nitrogen and oxygen atoms in total. The van der Waals surface area contributed by atoms with Gasteiger partial charge in [-0.05, 0) is 70.6 Å². The highest BCUT2D eigenvalue weighted by atomic mass is 16.7. The number of allylic oxidation sites excluding steroid dienone is 6. The van der Waals surface area contributed by atoms with Gasteiger partial charge in [0.2, 0.25) is 0 Å². The maximum Gasteiger partial charge on any atom is 0.306 e. The van der Waals surface area contributed by atoms with E-state index < -0.39 is 55.4 Å². The topological polar surface area (TPSA) is 152 Å². The van der Waals surface area contributed by atoms with E-state index in [2.05, 4.69) is 50.3 Å². The van der Waals surface area contributed by atoms with Crippen molar-refractivity contribution in [1.29, 1.82) is 0 Å². The van der Waals surface area contributed by atoms with Gasteiger partial charge < -0.3 is 39.4 Å². The number of unbranched alkanes of at least 4 members (excludes halogenated alkanes) is 33. The fourth-order valence-corrected chi connectivity index (χ4v) is 8.91. The molecular formula is C59H108O10. The lowest BCUT2D eigenvalue weighted by atomic mass is 9.99. The predicted octanol–water partition coefficient (Wildman–Crippen LogP) is 14.6. The van der Waals surface area contributed by atoms with Gasteiger partial charge in [-0.1, -0.05) is 224 Å². The second-order valence-electron chi connectivity index (χ2n) is 20.1. The van der Waals surface area contributed by atoms with Gasteiger partial charge in [-0.15, -0.1) is 0 Å². The fourth-order valence-electron chi connectivity index (χ4n) is 8.91. The smallest absolute Gasteiger partial charge is 0.306 e.